The average Bonchev–Trinajstić information content (AvgIpc) is 2.95. The van der Waals surface area contributed by atoms with E-state index >= 15 is 0 Å². The zero-order chi connectivity index (χ0) is 12.4. The van der Waals surface area contributed by atoms with Gasteiger partial charge in [0, 0.05) is 0 Å². The van der Waals surface area contributed by atoms with Gasteiger partial charge >= 0.3 is 5.88 Å². The van der Waals surface area contributed by atoms with E-state index in [1.165, 1.54) is 23.5 Å². The van der Waals surface area contributed by atoms with Gasteiger partial charge in [-0.15, -0.1) is 10.2 Å². The molecule has 2 rings (SSSR count). The van der Waals surface area contributed by atoms with Crippen LogP contribution in [0.3, 0.4) is 0 Å². The van der Waals surface area contributed by atoms with Crippen LogP contribution in [0.5, 0.6) is 0 Å². The van der Waals surface area contributed by atoms with Crippen LogP contribution < -0.4 is 5.73 Å². The largest absolute Gasteiger partial charge is 0.433 e. The Labute approximate surface area is 100 Å². The van der Waals surface area contributed by atoms with Crippen LogP contribution in [0.4, 0.5) is 5.88 Å². The van der Waals surface area contributed by atoms with Crippen LogP contribution in [-0.4, -0.2) is 15.1 Å². The SMILES string of the molecule is CCC(N)c1nnc(-c2ccc([N+](=O)[O-])o2)s1. The average molecular weight is 254 g/mol. The lowest BCUT2D eigenvalue weighted by atomic mass is 10.3. The minimum absolute atomic E-state index is 0.161. The van der Waals surface area contributed by atoms with Crippen LogP contribution in [0.25, 0.3) is 10.8 Å². The summed E-state index contributed by atoms with van der Waals surface area (Å²) in [5.41, 5.74) is 5.81. The van der Waals surface area contributed by atoms with E-state index < -0.39 is 4.92 Å². The number of hydrogen-bond donors (Lipinski definition) is 1. The summed E-state index contributed by atoms with van der Waals surface area (Å²) in [5, 5.41) is 19.5. The van der Waals surface area contributed by atoms with Crippen LogP contribution in [0.2, 0.25) is 0 Å². The number of hydrogen-bond acceptors (Lipinski definition) is 7. The van der Waals surface area contributed by atoms with Gasteiger partial charge in [0.15, 0.2) is 10.8 Å². The topological polar surface area (TPSA) is 108 Å². The fourth-order valence-corrected chi connectivity index (χ4v) is 2.09. The van der Waals surface area contributed by atoms with Gasteiger partial charge in [0.1, 0.15) is 9.93 Å². The lowest BCUT2D eigenvalue weighted by Gasteiger charge is -2.00. The summed E-state index contributed by atoms with van der Waals surface area (Å²) < 4.78 is 5.03. The maximum atomic E-state index is 10.5. The van der Waals surface area contributed by atoms with E-state index in [4.69, 9.17) is 10.2 Å². The van der Waals surface area contributed by atoms with Gasteiger partial charge in [-0.2, -0.15) is 0 Å². The molecule has 2 heterocycles. The van der Waals surface area contributed by atoms with Crippen LogP contribution in [-0.2, 0) is 0 Å². The Morgan fingerprint density at radius 1 is 1.59 bits per heavy atom. The maximum absolute atomic E-state index is 10.5. The lowest BCUT2D eigenvalue weighted by Crippen LogP contribution is -2.07. The molecule has 0 fully saturated rings. The molecule has 8 heteroatoms. The van der Waals surface area contributed by atoms with Gasteiger partial charge in [0.25, 0.3) is 0 Å². The van der Waals surface area contributed by atoms with Crippen molar-refractivity contribution in [1.82, 2.24) is 10.2 Å². The number of nitrogens with zero attached hydrogens (tertiary/aromatic N) is 3. The molecule has 0 amide bonds. The number of nitrogens with two attached hydrogens (primary N) is 1. The predicted molar refractivity (Wildman–Crippen MR) is 61.5 cm³/mol. The Kier molecular flexibility index (Phi) is 3.16. The van der Waals surface area contributed by atoms with Crippen molar-refractivity contribution in [1.29, 1.82) is 0 Å². The summed E-state index contributed by atoms with van der Waals surface area (Å²) in [6.07, 6.45) is 0.757. The highest BCUT2D eigenvalue weighted by atomic mass is 32.1. The third-order valence-electron chi connectivity index (χ3n) is 2.18. The molecule has 90 valence electrons. The molecule has 0 aliphatic rings. The second kappa shape index (κ2) is 4.60. The van der Waals surface area contributed by atoms with Crippen LogP contribution in [0.1, 0.15) is 24.4 Å². The third kappa shape index (κ3) is 2.32. The normalized spacial score (nSPS) is 12.6. The summed E-state index contributed by atoms with van der Waals surface area (Å²) in [7, 11) is 0. The number of rotatable bonds is 4. The van der Waals surface area contributed by atoms with Crippen LogP contribution >= 0.6 is 11.3 Å². The van der Waals surface area contributed by atoms with E-state index in [0.29, 0.717) is 15.8 Å². The van der Waals surface area contributed by atoms with Gasteiger partial charge in [-0.3, -0.25) is 10.1 Å². The molecule has 0 bridgehead atoms. The Bertz CT molecular complexity index is 536. The molecule has 1 unspecified atom stereocenters. The highest BCUT2D eigenvalue weighted by Gasteiger charge is 2.17. The van der Waals surface area contributed by atoms with Crippen molar-refractivity contribution in [3.8, 4) is 10.8 Å². The first-order valence-electron chi connectivity index (χ1n) is 4.95. The van der Waals surface area contributed by atoms with Crippen molar-refractivity contribution in [2.24, 2.45) is 5.73 Å². The van der Waals surface area contributed by atoms with Crippen molar-refractivity contribution < 1.29 is 9.34 Å². The van der Waals surface area contributed by atoms with Crippen molar-refractivity contribution in [2.45, 2.75) is 19.4 Å². The Morgan fingerprint density at radius 2 is 2.35 bits per heavy atom. The Hall–Kier alpha value is -1.80. The molecule has 0 radical (unpaired) electrons. The van der Waals surface area contributed by atoms with Crippen molar-refractivity contribution >= 4 is 17.2 Å². The van der Waals surface area contributed by atoms with Gasteiger partial charge in [-0.1, -0.05) is 18.3 Å². The fourth-order valence-electron chi connectivity index (χ4n) is 1.20. The first kappa shape index (κ1) is 11.7. The van der Waals surface area contributed by atoms with Crippen molar-refractivity contribution in [2.75, 3.05) is 0 Å². The monoisotopic (exact) mass is 254 g/mol. The minimum atomic E-state index is -0.594. The van der Waals surface area contributed by atoms with Gasteiger partial charge < -0.3 is 10.2 Å². The summed E-state index contributed by atoms with van der Waals surface area (Å²) in [6.45, 7) is 1.95. The summed E-state index contributed by atoms with van der Waals surface area (Å²) >= 11 is 1.28. The molecule has 17 heavy (non-hydrogen) atoms. The maximum Gasteiger partial charge on any atom is 0.433 e. The zero-order valence-corrected chi connectivity index (χ0v) is 9.81. The quantitative estimate of drug-likeness (QED) is 0.661. The Morgan fingerprint density at radius 3 is 2.94 bits per heavy atom. The molecular weight excluding hydrogens is 244 g/mol. The summed E-state index contributed by atoms with van der Waals surface area (Å²) in [5.74, 6) is 0.0280. The molecule has 0 aliphatic carbocycles. The standard InChI is InChI=1S/C9H10N4O3S/c1-2-5(10)8-11-12-9(17-8)6-3-4-7(16-6)13(14)15/h3-5H,2,10H2,1H3. The molecule has 0 aliphatic heterocycles. The van der Waals surface area contributed by atoms with E-state index in [0.717, 1.165) is 6.42 Å². The predicted octanol–water partition coefficient (Wildman–Crippen LogP) is 2.12. The van der Waals surface area contributed by atoms with E-state index in [9.17, 15) is 10.1 Å². The second-order valence-electron chi connectivity index (χ2n) is 3.36. The highest BCUT2D eigenvalue weighted by Crippen LogP contribution is 2.30. The fraction of sp³-hybridized carbons (Fsp3) is 0.333. The van der Waals surface area contributed by atoms with E-state index in [-0.39, 0.29) is 11.9 Å². The number of nitro groups is 1. The van der Waals surface area contributed by atoms with Crippen LogP contribution in [0, 0.1) is 10.1 Å². The molecule has 0 saturated heterocycles. The van der Waals surface area contributed by atoms with Gasteiger partial charge in [-0.25, -0.2) is 0 Å². The molecular formula is C9H10N4O3S. The molecule has 1 atom stereocenters. The third-order valence-corrected chi connectivity index (χ3v) is 3.25. The molecule has 0 spiro atoms. The lowest BCUT2D eigenvalue weighted by molar-refractivity contribution is -0.401. The molecule has 7 nitrogen and oxygen atoms in total. The Balaban J connectivity index is 2.27. The molecule has 2 aromatic rings. The zero-order valence-electron chi connectivity index (χ0n) is 8.99. The molecule has 0 aromatic carbocycles. The van der Waals surface area contributed by atoms with E-state index in [2.05, 4.69) is 10.2 Å². The van der Waals surface area contributed by atoms with Gasteiger partial charge in [-0.05, 0) is 12.5 Å². The van der Waals surface area contributed by atoms with Gasteiger partial charge in [0.2, 0.25) is 0 Å². The first-order chi connectivity index (χ1) is 8.11. The van der Waals surface area contributed by atoms with Crippen LogP contribution in [0.15, 0.2) is 16.5 Å². The molecule has 0 saturated carbocycles. The number of aromatic nitrogens is 2. The summed E-state index contributed by atoms with van der Waals surface area (Å²) in [4.78, 5) is 9.87. The van der Waals surface area contributed by atoms with Crippen molar-refractivity contribution in [3.63, 3.8) is 0 Å². The highest BCUT2D eigenvalue weighted by molar-refractivity contribution is 7.14. The molecule has 2 N–H and O–H groups in total. The minimum Gasteiger partial charge on any atom is -0.398 e. The number of furan rings is 1. The molecule has 2 aromatic heterocycles. The van der Waals surface area contributed by atoms with Gasteiger partial charge in [0.05, 0.1) is 12.1 Å². The smallest absolute Gasteiger partial charge is 0.398 e. The van der Waals surface area contributed by atoms with E-state index in [1.54, 1.807) is 0 Å². The van der Waals surface area contributed by atoms with E-state index in [1.807, 2.05) is 6.92 Å². The first-order valence-corrected chi connectivity index (χ1v) is 5.77. The van der Waals surface area contributed by atoms with Crippen molar-refractivity contribution in [3.05, 3.63) is 27.3 Å². The second-order valence-corrected chi connectivity index (χ2v) is 4.36. The summed E-state index contributed by atoms with van der Waals surface area (Å²) in [6, 6.07) is 2.63.